The Labute approximate surface area is 192 Å². The van der Waals surface area contributed by atoms with E-state index in [-0.39, 0.29) is 49.1 Å². The minimum atomic E-state index is -0.663. The summed E-state index contributed by atoms with van der Waals surface area (Å²) in [5, 5.41) is 0. The minimum absolute atomic E-state index is 0.0362. The first-order valence-electron chi connectivity index (χ1n) is 10.1. The Hall–Kier alpha value is -3.81. The number of ether oxygens (including phenoxy) is 5. The quantitative estimate of drug-likeness (QED) is 0.263. The molecular formula is C25H27FO7. The van der Waals surface area contributed by atoms with Crippen molar-refractivity contribution in [3.8, 4) is 28.4 Å². The standard InChI is InChI=1S/C25H27FO7/c1-16(2)24(27)32-12-10-30-22-15-19(18-6-8-20(29-5)9-7-18)14-21(26)23(22)31-11-13-33-25(28)17(3)4/h6-9,14-15H,1,3,10-13H2,2,4-5H3. The van der Waals surface area contributed by atoms with Gasteiger partial charge in [0.1, 0.15) is 32.2 Å². The van der Waals surface area contributed by atoms with Crippen LogP contribution in [0.3, 0.4) is 0 Å². The highest BCUT2D eigenvalue weighted by molar-refractivity contribution is 5.87. The topological polar surface area (TPSA) is 80.3 Å². The highest BCUT2D eigenvalue weighted by atomic mass is 19.1. The van der Waals surface area contributed by atoms with Crippen molar-refractivity contribution in [3.05, 3.63) is 66.5 Å². The molecular weight excluding hydrogens is 431 g/mol. The lowest BCUT2D eigenvalue weighted by Gasteiger charge is -2.16. The maximum Gasteiger partial charge on any atom is 0.333 e. The second-order valence-electron chi connectivity index (χ2n) is 7.04. The summed E-state index contributed by atoms with van der Waals surface area (Å²) in [6, 6.07) is 10.00. The lowest BCUT2D eigenvalue weighted by Crippen LogP contribution is -2.15. The summed E-state index contributed by atoms with van der Waals surface area (Å²) in [6.07, 6.45) is 0. The smallest absolute Gasteiger partial charge is 0.333 e. The number of esters is 2. The summed E-state index contributed by atoms with van der Waals surface area (Å²) in [4.78, 5) is 23.0. The van der Waals surface area contributed by atoms with Crippen molar-refractivity contribution in [1.29, 1.82) is 0 Å². The fourth-order valence-corrected chi connectivity index (χ4v) is 2.58. The van der Waals surface area contributed by atoms with Crippen molar-refractivity contribution in [2.75, 3.05) is 33.5 Å². The molecule has 0 heterocycles. The van der Waals surface area contributed by atoms with E-state index in [1.807, 2.05) is 0 Å². The summed E-state index contributed by atoms with van der Waals surface area (Å²) in [6.45, 7) is 9.76. The second-order valence-corrected chi connectivity index (χ2v) is 7.04. The highest BCUT2D eigenvalue weighted by Crippen LogP contribution is 2.36. The molecule has 0 fully saturated rings. The molecule has 0 N–H and O–H groups in total. The van der Waals surface area contributed by atoms with Crippen LogP contribution in [0.25, 0.3) is 11.1 Å². The zero-order chi connectivity index (χ0) is 24.4. The molecule has 0 aliphatic carbocycles. The summed E-state index contributed by atoms with van der Waals surface area (Å²) < 4.78 is 41.2. The summed E-state index contributed by atoms with van der Waals surface area (Å²) in [5.41, 5.74) is 1.79. The van der Waals surface area contributed by atoms with Gasteiger partial charge in [-0.15, -0.1) is 0 Å². The van der Waals surface area contributed by atoms with Crippen LogP contribution in [-0.4, -0.2) is 45.5 Å². The lowest BCUT2D eigenvalue weighted by molar-refractivity contribution is -0.140. The Balaban J connectivity index is 2.18. The van der Waals surface area contributed by atoms with Crippen LogP contribution in [0.1, 0.15) is 13.8 Å². The third-order valence-electron chi connectivity index (χ3n) is 4.27. The third-order valence-corrected chi connectivity index (χ3v) is 4.27. The molecule has 0 bridgehead atoms. The van der Waals surface area contributed by atoms with E-state index in [4.69, 9.17) is 23.7 Å². The zero-order valence-electron chi connectivity index (χ0n) is 18.9. The molecule has 0 saturated heterocycles. The Bertz CT molecular complexity index is 1010. The second kappa shape index (κ2) is 12.3. The molecule has 0 unspecified atom stereocenters. The third kappa shape index (κ3) is 7.68. The van der Waals surface area contributed by atoms with E-state index in [9.17, 15) is 14.0 Å². The van der Waals surface area contributed by atoms with E-state index in [1.54, 1.807) is 37.4 Å². The van der Waals surface area contributed by atoms with Crippen LogP contribution < -0.4 is 14.2 Å². The fourth-order valence-electron chi connectivity index (χ4n) is 2.58. The fraction of sp³-hybridized carbons (Fsp3) is 0.280. The molecule has 0 aromatic heterocycles. The predicted molar refractivity (Wildman–Crippen MR) is 121 cm³/mol. The molecule has 7 nitrogen and oxygen atoms in total. The molecule has 2 aromatic carbocycles. The Kier molecular flexibility index (Phi) is 9.47. The number of carbonyl (C=O) groups excluding carboxylic acids is 2. The molecule has 0 spiro atoms. The molecule has 0 aliphatic heterocycles. The van der Waals surface area contributed by atoms with E-state index < -0.39 is 17.8 Å². The van der Waals surface area contributed by atoms with Gasteiger partial charge in [0.25, 0.3) is 0 Å². The van der Waals surface area contributed by atoms with Gasteiger partial charge in [-0.05, 0) is 49.2 Å². The predicted octanol–water partition coefficient (Wildman–Crippen LogP) is 4.50. The molecule has 33 heavy (non-hydrogen) atoms. The van der Waals surface area contributed by atoms with E-state index in [1.165, 1.54) is 19.9 Å². The van der Waals surface area contributed by atoms with Gasteiger partial charge in [0.2, 0.25) is 0 Å². The van der Waals surface area contributed by atoms with Gasteiger partial charge in [0.05, 0.1) is 7.11 Å². The van der Waals surface area contributed by atoms with Crippen LogP contribution in [-0.2, 0) is 19.1 Å². The van der Waals surface area contributed by atoms with E-state index >= 15 is 0 Å². The van der Waals surface area contributed by atoms with Crippen LogP contribution in [0.4, 0.5) is 4.39 Å². The maximum atomic E-state index is 15.0. The molecule has 176 valence electrons. The van der Waals surface area contributed by atoms with Crippen LogP contribution >= 0.6 is 0 Å². The zero-order valence-corrected chi connectivity index (χ0v) is 18.9. The first-order chi connectivity index (χ1) is 15.7. The van der Waals surface area contributed by atoms with Gasteiger partial charge in [-0.1, -0.05) is 25.3 Å². The van der Waals surface area contributed by atoms with Gasteiger partial charge < -0.3 is 23.7 Å². The molecule has 0 saturated carbocycles. The largest absolute Gasteiger partial charge is 0.497 e. The normalized spacial score (nSPS) is 10.2. The van der Waals surface area contributed by atoms with E-state index in [0.717, 1.165) is 5.56 Å². The number of carbonyl (C=O) groups is 2. The molecule has 0 radical (unpaired) electrons. The van der Waals surface area contributed by atoms with Gasteiger partial charge in [-0.25, -0.2) is 14.0 Å². The van der Waals surface area contributed by atoms with Crippen molar-refractivity contribution in [1.82, 2.24) is 0 Å². The van der Waals surface area contributed by atoms with Crippen LogP contribution in [0.15, 0.2) is 60.7 Å². The van der Waals surface area contributed by atoms with Gasteiger partial charge in [-0.3, -0.25) is 0 Å². The molecule has 2 rings (SSSR count). The molecule has 8 heteroatoms. The number of hydrogen-bond donors (Lipinski definition) is 0. The van der Waals surface area contributed by atoms with E-state index in [0.29, 0.717) is 11.3 Å². The average molecular weight is 458 g/mol. The van der Waals surface area contributed by atoms with Gasteiger partial charge in [-0.2, -0.15) is 0 Å². The summed E-state index contributed by atoms with van der Waals surface area (Å²) in [7, 11) is 1.56. The van der Waals surface area contributed by atoms with Crippen LogP contribution in [0.5, 0.6) is 17.2 Å². The van der Waals surface area contributed by atoms with Crippen molar-refractivity contribution >= 4 is 11.9 Å². The minimum Gasteiger partial charge on any atom is -0.497 e. The van der Waals surface area contributed by atoms with Crippen LogP contribution in [0.2, 0.25) is 0 Å². The van der Waals surface area contributed by atoms with Gasteiger partial charge in [0.15, 0.2) is 17.3 Å². The maximum absolute atomic E-state index is 15.0. The average Bonchev–Trinajstić information content (AvgIpc) is 2.79. The first-order valence-corrected chi connectivity index (χ1v) is 10.1. The monoisotopic (exact) mass is 458 g/mol. The van der Waals surface area contributed by atoms with Crippen molar-refractivity contribution in [2.45, 2.75) is 13.8 Å². The highest BCUT2D eigenvalue weighted by Gasteiger charge is 2.16. The number of benzene rings is 2. The first kappa shape index (κ1) is 25.5. The number of hydrogen-bond acceptors (Lipinski definition) is 7. The molecule has 0 aliphatic rings. The van der Waals surface area contributed by atoms with Gasteiger partial charge >= 0.3 is 11.9 Å². The Morgan fingerprint density at radius 3 is 1.88 bits per heavy atom. The van der Waals surface area contributed by atoms with Crippen LogP contribution in [0, 0.1) is 5.82 Å². The molecule has 2 aromatic rings. The molecule has 0 amide bonds. The van der Waals surface area contributed by atoms with Gasteiger partial charge in [0, 0.05) is 11.1 Å². The Morgan fingerprint density at radius 2 is 1.36 bits per heavy atom. The SMILES string of the molecule is C=C(C)C(=O)OCCOc1cc(-c2ccc(OC)cc2)cc(F)c1OCCOC(=O)C(=C)C. The summed E-state index contributed by atoms with van der Waals surface area (Å²) >= 11 is 0. The lowest BCUT2D eigenvalue weighted by atomic mass is 10.0. The van der Waals surface area contributed by atoms with Crippen molar-refractivity contribution < 1.29 is 37.7 Å². The number of methoxy groups -OCH3 is 1. The van der Waals surface area contributed by atoms with E-state index in [2.05, 4.69) is 13.2 Å². The van der Waals surface area contributed by atoms with Crippen molar-refractivity contribution in [3.63, 3.8) is 0 Å². The Morgan fingerprint density at radius 1 is 0.818 bits per heavy atom. The number of halogens is 1. The summed E-state index contributed by atoms with van der Waals surface area (Å²) in [5.74, 6) is -1.15. The number of rotatable bonds is 12. The molecule has 0 atom stereocenters. The van der Waals surface area contributed by atoms with Crippen molar-refractivity contribution in [2.24, 2.45) is 0 Å².